The number of aromatic nitrogens is 6. The molecule has 4 rings (SSSR count). The fourth-order valence-electron chi connectivity index (χ4n) is 3.36. The van der Waals surface area contributed by atoms with E-state index in [-0.39, 0.29) is 12.3 Å². The first-order valence-corrected chi connectivity index (χ1v) is 10.3. The van der Waals surface area contributed by atoms with E-state index in [4.69, 9.17) is 9.47 Å². The lowest BCUT2D eigenvalue weighted by Gasteiger charge is -2.15. The van der Waals surface area contributed by atoms with Crippen LogP contribution >= 0.6 is 0 Å². The van der Waals surface area contributed by atoms with Crippen LogP contribution in [0, 0.1) is 13.8 Å². The number of benzene rings is 2. The Kier molecular flexibility index (Phi) is 5.98. The second-order valence-corrected chi connectivity index (χ2v) is 7.33. The molecule has 0 saturated carbocycles. The van der Waals surface area contributed by atoms with Crippen molar-refractivity contribution < 1.29 is 9.47 Å². The van der Waals surface area contributed by atoms with Crippen LogP contribution in [0.1, 0.15) is 23.6 Å². The number of tetrazole rings is 1. The van der Waals surface area contributed by atoms with Crippen molar-refractivity contribution in [3.63, 3.8) is 0 Å². The summed E-state index contributed by atoms with van der Waals surface area (Å²) in [6.45, 7) is 6.70. The number of aryl methyl sites for hydroxylation is 3. The number of ether oxygens (including phenoxy) is 2. The summed E-state index contributed by atoms with van der Waals surface area (Å²) in [5.74, 6) is 1.25. The molecule has 2 aromatic heterocycles. The van der Waals surface area contributed by atoms with Crippen molar-refractivity contribution >= 4 is 0 Å². The molecule has 4 aromatic rings. The van der Waals surface area contributed by atoms with Gasteiger partial charge in [-0.1, -0.05) is 12.1 Å². The van der Waals surface area contributed by atoms with E-state index in [0.29, 0.717) is 18.2 Å². The number of hydrogen-bond acceptors (Lipinski definition) is 7. The number of nitrogens with zero attached hydrogens (tertiary/aromatic N) is 6. The van der Waals surface area contributed by atoms with Crippen LogP contribution in [0.4, 0.5) is 0 Å². The molecule has 9 nitrogen and oxygen atoms in total. The lowest BCUT2D eigenvalue weighted by Crippen LogP contribution is -2.23. The maximum atomic E-state index is 12.3. The smallest absolute Gasteiger partial charge is 0.368 e. The van der Waals surface area contributed by atoms with Crippen LogP contribution in [0.5, 0.6) is 11.6 Å². The van der Waals surface area contributed by atoms with E-state index in [0.717, 1.165) is 33.7 Å². The first-order chi connectivity index (χ1) is 15.5. The van der Waals surface area contributed by atoms with Crippen LogP contribution < -0.4 is 15.2 Å². The molecule has 0 atom stereocenters. The van der Waals surface area contributed by atoms with Crippen LogP contribution in [0.25, 0.3) is 16.9 Å². The summed E-state index contributed by atoms with van der Waals surface area (Å²) in [6, 6.07) is 15.2. The van der Waals surface area contributed by atoms with Crippen LogP contribution in [-0.4, -0.2) is 36.6 Å². The molecule has 2 aromatic carbocycles. The number of hydrogen-bond donors (Lipinski definition) is 0. The molecular weight excluding hydrogens is 408 g/mol. The molecule has 2 heterocycles. The van der Waals surface area contributed by atoms with Crippen molar-refractivity contribution in [2.45, 2.75) is 27.4 Å². The quantitative estimate of drug-likeness (QED) is 0.443. The zero-order valence-corrected chi connectivity index (χ0v) is 18.4. The fourth-order valence-corrected chi connectivity index (χ4v) is 3.36. The third-order valence-corrected chi connectivity index (χ3v) is 5.11. The minimum atomic E-state index is -0.311. The molecule has 0 radical (unpaired) electrons. The molecule has 0 fully saturated rings. The molecule has 0 spiro atoms. The van der Waals surface area contributed by atoms with Crippen molar-refractivity contribution in [2.75, 3.05) is 6.61 Å². The van der Waals surface area contributed by atoms with Gasteiger partial charge in [-0.25, -0.2) is 4.79 Å². The van der Waals surface area contributed by atoms with Gasteiger partial charge in [-0.3, -0.25) is 0 Å². The lowest BCUT2D eigenvalue weighted by atomic mass is 10.1. The van der Waals surface area contributed by atoms with Gasteiger partial charge in [-0.2, -0.15) is 9.36 Å². The Morgan fingerprint density at radius 2 is 1.78 bits per heavy atom. The Labute approximate surface area is 185 Å². The number of rotatable bonds is 7. The van der Waals surface area contributed by atoms with Crippen molar-refractivity contribution in [3.8, 4) is 28.6 Å². The molecule has 0 aliphatic heterocycles. The third-order valence-electron chi connectivity index (χ3n) is 5.11. The summed E-state index contributed by atoms with van der Waals surface area (Å²) in [4.78, 5) is 12.3. The van der Waals surface area contributed by atoms with Crippen molar-refractivity contribution in [2.24, 2.45) is 7.05 Å². The first kappa shape index (κ1) is 21.2. The molecule has 164 valence electrons. The molecule has 0 unspecified atom stereocenters. The summed E-state index contributed by atoms with van der Waals surface area (Å²) in [6.07, 6.45) is 0. The molecule has 9 heteroatoms. The van der Waals surface area contributed by atoms with E-state index >= 15 is 0 Å². The zero-order chi connectivity index (χ0) is 22.7. The van der Waals surface area contributed by atoms with E-state index in [1.807, 2.05) is 63.2 Å². The molecule has 32 heavy (non-hydrogen) atoms. The maximum absolute atomic E-state index is 12.3. The predicted octanol–water partition coefficient (Wildman–Crippen LogP) is 3.02. The Hall–Kier alpha value is -4.01. The molecule has 0 aliphatic carbocycles. The van der Waals surface area contributed by atoms with Gasteiger partial charge in [0.2, 0.25) is 5.88 Å². The third kappa shape index (κ3) is 4.22. The molecule has 0 bridgehead atoms. The normalized spacial score (nSPS) is 10.9. The predicted molar refractivity (Wildman–Crippen MR) is 119 cm³/mol. The molecule has 0 aliphatic rings. The van der Waals surface area contributed by atoms with Crippen molar-refractivity contribution in [1.82, 2.24) is 30.0 Å². The first-order valence-electron chi connectivity index (χ1n) is 10.3. The van der Waals surface area contributed by atoms with Gasteiger partial charge in [0.05, 0.1) is 18.0 Å². The second kappa shape index (κ2) is 9.01. The van der Waals surface area contributed by atoms with E-state index in [2.05, 4.69) is 20.6 Å². The van der Waals surface area contributed by atoms with Gasteiger partial charge in [-0.15, -0.1) is 10.2 Å². The minimum absolute atomic E-state index is 0.286. The average Bonchev–Trinajstić information content (AvgIpc) is 3.12. The van der Waals surface area contributed by atoms with Gasteiger partial charge >= 0.3 is 5.69 Å². The largest absolute Gasteiger partial charge is 0.489 e. The highest BCUT2D eigenvalue weighted by Gasteiger charge is 2.14. The Morgan fingerprint density at radius 1 is 0.938 bits per heavy atom. The summed E-state index contributed by atoms with van der Waals surface area (Å²) < 4.78 is 14.0. The summed E-state index contributed by atoms with van der Waals surface area (Å²) >= 11 is 0. The maximum Gasteiger partial charge on any atom is 0.368 e. The summed E-state index contributed by atoms with van der Waals surface area (Å²) in [5.41, 5.74) is 4.87. The van der Waals surface area contributed by atoms with E-state index in [1.165, 1.54) is 9.36 Å². The summed E-state index contributed by atoms with van der Waals surface area (Å²) in [5, 5.41) is 16.1. The Morgan fingerprint density at radius 3 is 2.44 bits per heavy atom. The van der Waals surface area contributed by atoms with Crippen LogP contribution in [0.2, 0.25) is 0 Å². The monoisotopic (exact) mass is 432 g/mol. The van der Waals surface area contributed by atoms with Gasteiger partial charge in [-0.05, 0) is 72.7 Å². The van der Waals surface area contributed by atoms with Crippen molar-refractivity contribution in [1.29, 1.82) is 0 Å². The van der Waals surface area contributed by atoms with E-state index in [9.17, 15) is 4.79 Å². The molecule has 0 N–H and O–H groups in total. The van der Waals surface area contributed by atoms with Crippen LogP contribution in [0.15, 0.2) is 53.3 Å². The SMILES string of the molecule is CCOc1ccc(-c2ccc(OCc3c(C)cccc3-n3nnn(C)c3=O)c(C)c2)nn1. The van der Waals surface area contributed by atoms with Crippen LogP contribution in [0.3, 0.4) is 0 Å². The van der Waals surface area contributed by atoms with Crippen molar-refractivity contribution in [3.05, 3.63) is 75.7 Å². The average molecular weight is 432 g/mol. The molecule has 0 saturated heterocycles. The highest BCUT2D eigenvalue weighted by molar-refractivity contribution is 5.61. The van der Waals surface area contributed by atoms with Gasteiger partial charge < -0.3 is 9.47 Å². The Balaban J connectivity index is 1.56. The van der Waals surface area contributed by atoms with Gasteiger partial charge in [0.25, 0.3) is 0 Å². The summed E-state index contributed by atoms with van der Waals surface area (Å²) in [7, 11) is 1.57. The molecule has 0 amide bonds. The van der Waals surface area contributed by atoms with E-state index < -0.39 is 0 Å². The van der Waals surface area contributed by atoms with Gasteiger partial charge in [0, 0.05) is 24.2 Å². The molecular formula is C23H24N6O3. The van der Waals surface area contributed by atoms with Gasteiger partial charge in [0.15, 0.2) is 0 Å². The zero-order valence-electron chi connectivity index (χ0n) is 18.4. The fraction of sp³-hybridized carbons (Fsp3) is 0.261. The topological polar surface area (TPSA) is 97.0 Å². The van der Waals surface area contributed by atoms with Crippen LogP contribution in [-0.2, 0) is 13.7 Å². The second-order valence-electron chi connectivity index (χ2n) is 7.33. The highest BCUT2D eigenvalue weighted by Crippen LogP contribution is 2.27. The minimum Gasteiger partial charge on any atom is -0.489 e. The van der Waals surface area contributed by atoms with Gasteiger partial charge in [0.1, 0.15) is 12.4 Å². The standard InChI is InChI=1S/C23H24N6O3/c1-5-31-22-12-10-19(24-25-22)17-9-11-21(16(3)13-17)32-14-18-15(2)7-6-8-20(18)29-23(30)28(4)26-27-29/h6-13H,5,14H2,1-4H3. The Bertz CT molecular complexity index is 1290. The highest BCUT2D eigenvalue weighted by atomic mass is 16.5. The van der Waals surface area contributed by atoms with E-state index in [1.54, 1.807) is 13.1 Å². The lowest BCUT2D eigenvalue weighted by molar-refractivity contribution is 0.302.